The highest BCUT2D eigenvalue weighted by Gasteiger charge is 2.09. The van der Waals surface area contributed by atoms with Gasteiger partial charge in [-0.3, -0.25) is 5.10 Å². The minimum Gasteiger partial charge on any atom is -0.330 e. The van der Waals surface area contributed by atoms with Gasteiger partial charge in [-0.25, -0.2) is 0 Å². The van der Waals surface area contributed by atoms with E-state index < -0.39 is 0 Å². The zero-order valence-electron chi connectivity index (χ0n) is 10.2. The van der Waals surface area contributed by atoms with Crippen molar-refractivity contribution in [3.8, 4) is 11.3 Å². The molecule has 0 bridgehead atoms. The predicted molar refractivity (Wildman–Crippen MR) is 73.3 cm³/mol. The van der Waals surface area contributed by atoms with Crippen LogP contribution in [-0.4, -0.2) is 23.0 Å². The first-order valence-corrected chi connectivity index (χ1v) is 6.87. The summed E-state index contributed by atoms with van der Waals surface area (Å²) in [7, 11) is 0. The number of aromatic nitrogens is 2. The van der Waals surface area contributed by atoms with Crippen LogP contribution < -0.4 is 5.73 Å². The van der Waals surface area contributed by atoms with E-state index in [1.807, 2.05) is 0 Å². The quantitative estimate of drug-likeness (QED) is 0.817. The Labute approximate surface area is 106 Å². The van der Waals surface area contributed by atoms with Crippen molar-refractivity contribution >= 4 is 11.8 Å². The van der Waals surface area contributed by atoms with Crippen molar-refractivity contribution < 1.29 is 0 Å². The molecule has 1 aromatic carbocycles. The summed E-state index contributed by atoms with van der Waals surface area (Å²) in [5.41, 5.74) is 10.1. The molecule has 0 aliphatic heterocycles. The lowest BCUT2D eigenvalue weighted by molar-refractivity contribution is 0.896. The maximum atomic E-state index is 5.56. The van der Waals surface area contributed by atoms with E-state index in [-0.39, 0.29) is 0 Å². The van der Waals surface area contributed by atoms with Gasteiger partial charge < -0.3 is 5.73 Å². The number of hydrogen-bond donors (Lipinski definition) is 2. The fraction of sp³-hybridized carbons (Fsp3) is 0.308. The highest BCUT2D eigenvalue weighted by Crippen LogP contribution is 2.25. The minimum atomic E-state index is 0.647. The van der Waals surface area contributed by atoms with Gasteiger partial charge in [-0.1, -0.05) is 12.1 Å². The SMILES string of the molecule is CSc1ccc(-c2n[nH]c(CCN)c2C)cc1. The molecule has 0 unspecified atom stereocenters. The van der Waals surface area contributed by atoms with Gasteiger partial charge >= 0.3 is 0 Å². The van der Waals surface area contributed by atoms with Crippen LogP contribution in [0.25, 0.3) is 11.3 Å². The first-order valence-electron chi connectivity index (χ1n) is 5.64. The van der Waals surface area contributed by atoms with E-state index in [9.17, 15) is 0 Å². The monoisotopic (exact) mass is 247 g/mol. The van der Waals surface area contributed by atoms with Crippen molar-refractivity contribution in [3.63, 3.8) is 0 Å². The molecule has 3 N–H and O–H groups in total. The molecule has 1 heterocycles. The van der Waals surface area contributed by atoms with E-state index in [1.165, 1.54) is 10.5 Å². The number of benzene rings is 1. The molecule has 2 aromatic rings. The summed E-state index contributed by atoms with van der Waals surface area (Å²) in [6.45, 7) is 2.74. The summed E-state index contributed by atoms with van der Waals surface area (Å²) in [6, 6.07) is 8.47. The van der Waals surface area contributed by atoms with Gasteiger partial charge in [-0.05, 0) is 37.4 Å². The first-order chi connectivity index (χ1) is 8.26. The maximum absolute atomic E-state index is 5.56. The van der Waals surface area contributed by atoms with Crippen LogP contribution >= 0.6 is 11.8 Å². The standard InChI is InChI=1S/C13H17N3S/c1-9-12(7-8-14)15-16-13(9)10-3-5-11(17-2)6-4-10/h3-6H,7-8,14H2,1-2H3,(H,15,16). The van der Waals surface area contributed by atoms with Crippen molar-refractivity contribution in [2.45, 2.75) is 18.2 Å². The number of aromatic amines is 1. The smallest absolute Gasteiger partial charge is 0.0952 e. The van der Waals surface area contributed by atoms with Crippen LogP contribution in [-0.2, 0) is 6.42 Å². The number of hydrogen-bond acceptors (Lipinski definition) is 3. The molecular weight excluding hydrogens is 230 g/mol. The molecule has 0 amide bonds. The molecule has 2 rings (SSSR count). The topological polar surface area (TPSA) is 54.7 Å². The summed E-state index contributed by atoms with van der Waals surface area (Å²) >= 11 is 1.75. The van der Waals surface area contributed by atoms with Gasteiger partial charge in [0.2, 0.25) is 0 Å². The summed E-state index contributed by atoms with van der Waals surface area (Å²) < 4.78 is 0. The average Bonchev–Trinajstić information content (AvgIpc) is 2.72. The van der Waals surface area contributed by atoms with Crippen molar-refractivity contribution in [1.29, 1.82) is 0 Å². The Bertz CT molecular complexity index is 488. The van der Waals surface area contributed by atoms with Crippen molar-refractivity contribution in [3.05, 3.63) is 35.5 Å². The Morgan fingerprint density at radius 1 is 1.29 bits per heavy atom. The van der Waals surface area contributed by atoms with Gasteiger partial charge in [0.15, 0.2) is 0 Å². The van der Waals surface area contributed by atoms with E-state index in [1.54, 1.807) is 11.8 Å². The number of rotatable bonds is 4. The lowest BCUT2D eigenvalue weighted by Crippen LogP contribution is -2.03. The second-order valence-corrected chi connectivity index (χ2v) is 4.82. The first kappa shape index (κ1) is 12.2. The van der Waals surface area contributed by atoms with Crippen LogP contribution in [0.3, 0.4) is 0 Å². The third-order valence-corrected chi connectivity index (χ3v) is 3.61. The summed E-state index contributed by atoms with van der Waals surface area (Å²) in [4.78, 5) is 1.27. The van der Waals surface area contributed by atoms with Gasteiger partial charge in [-0.15, -0.1) is 11.8 Å². The van der Waals surface area contributed by atoms with Crippen LogP contribution in [0.15, 0.2) is 29.2 Å². The molecule has 17 heavy (non-hydrogen) atoms. The van der Waals surface area contributed by atoms with Gasteiger partial charge in [0, 0.05) is 22.6 Å². The minimum absolute atomic E-state index is 0.647. The van der Waals surface area contributed by atoms with Gasteiger partial charge in [-0.2, -0.15) is 5.10 Å². The maximum Gasteiger partial charge on any atom is 0.0952 e. The van der Waals surface area contributed by atoms with E-state index in [4.69, 9.17) is 5.73 Å². The van der Waals surface area contributed by atoms with Crippen molar-refractivity contribution in [2.75, 3.05) is 12.8 Å². The molecular formula is C13H17N3S. The van der Waals surface area contributed by atoms with Crippen molar-refractivity contribution in [2.24, 2.45) is 5.73 Å². The molecule has 0 spiro atoms. The molecule has 0 aliphatic rings. The Balaban J connectivity index is 2.32. The van der Waals surface area contributed by atoms with Crippen LogP contribution in [0.1, 0.15) is 11.3 Å². The lowest BCUT2D eigenvalue weighted by Gasteiger charge is -2.01. The third-order valence-electron chi connectivity index (χ3n) is 2.87. The highest BCUT2D eigenvalue weighted by atomic mass is 32.2. The summed E-state index contributed by atoms with van der Waals surface area (Å²) in [5.74, 6) is 0. The molecule has 0 fully saturated rings. The van der Waals surface area contributed by atoms with E-state index >= 15 is 0 Å². The second kappa shape index (κ2) is 5.38. The molecule has 0 saturated heterocycles. The molecule has 90 valence electrons. The van der Waals surface area contributed by atoms with E-state index in [0.717, 1.165) is 23.4 Å². The van der Waals surface area contributed by atoms with Gasteiger partial charge in [0.05, 0.1) is 5.69 Å². The molecule has 1 aromatic heterocycles. The zero-order valence-corrected chi connectivity index (χ0v) is 11.0. The van der Waals surface area contributed by atoms with Gasteiger partial charge in [0.1, 0.15) is 0 Å². The Kier molecular flexibility index (Phi) is 3.86. The Morgan fingerprint density at radius 3 is 2.59 bits per heavy atom. The zero-order chi connectivity index (χ0) is 12.3. The molecule has 0 saturated carbocycles. The Morgan fingerprint density at radius 2 is 2.00 bits per heavy atom. The summed E-state index contributed by atoms with van der Waals surface area (Å²) in [6.07, 6.45) is 2.93. The number of thioether (sulfide) groups is 1. The molecule has 0 aliphatic carbocycles. The third kappa shape index (κ3) is 2.53. The summed E-state index contributed by atoms with van der Waals surface area (Å²) in [5, 5.41) is 7.44. The molecule has 0 radical (unpaired) electrons. The average molecular weight is 247 g/mol. The van der Waals surface area contributed by atoms with Crippen LogP contribution in [0, 0.1) is 6.92 Å². The number of nitrogens with one attached hydrogen (secondary N) is 1. The molecule has 3 nitrogen and oxygen atoms in total. The fourth-order valence-electron chi connectivity index (χ4n) is 1.85. The second-order valence-electron chi connectivity index (χ2n) is 3.94. The lowest BCUT2D eigenvalue weighted by atomic mass is 10.1. The predicted octanol–water partition coefficient (Wildman–Crippen LogP) is 2.61. The molecule has 4 heteroatoms. The fourth-order valence-corrected chi connectivity index (χ4v) is 2.26. The Hall–Kier alpha value is -1.26. The number of H-pyrrole nitrogens is 1. The molecule has 0 atom stereocenters. The normalized spacial score (nSPS) is 10.8. The van der Waals surface area contributed by atoms with Gasteiger partial charge in [0.25, 0.3) is 0 Å². The van der Waals surface area contributed by atoms with Crippen LogP contribution in [0.2, 0.25) is 0 Å². The highest BCUT2D eigenvalue weighted by molar-refractivity contribution is 7.98. The largest absolute Gasteiger partial charge is 0.330 e. The number of nitrogens with zero attached hydrogens (tertiary/aromatic N) is 1. The van der Waals surface area contributed by atoms with E-state index in [2.05, 4.69) is 47.6 Å². The van der Waals surface area contributed by atoms with Crippen molar-refractivity contribution in [1.82, 2.24) is 10.2 Å². The van der Waals surface area contributed by atoms with Crippen LogP contribution in [0.5, 0.6) is 0 Å². The van der Waals surface area contributed by atoms with E-state index in [0.29, 0.717) is 6.54 Å². The number of nitrogens with two attached hydrogens (primary N) is 1. The van der Waals surface area contributed by atoms with Crippen LogP contribution in [0.4, 0.5) is 0 Å².